The summed E-state index contributed by atoms with van der Waals surface area (Å²) in [6, 6.07) is 0. The van der Waals surface area contributed by atoms with Crippen molar-refractivity contribution in [3.63, 3.8) is 0 Å². The van der Waals surface area contributed by atoms with Crippen LogP contribution in [-0.2, 0) is 699 Å². The number of hydrogen-bond donors (Lipinski definition) is 0. The smallest absolute Gasteiger partial charge is 0.432 e. The van der Waals surface area contributed by atoms with Crippen LogP contribution >= 0.6 is 0 Å². The van der Waals surface area contributed by atoms with Gasteiger partial charge in [-0.25, -0.2) is 9.68 Å². The quantitative estimate of drug-likeness (QED) is 0.0179. The predicted octanol–water partition coefficient (Wildman–Crippen LogP) is -7.55. The molecule has 140 heteroatoms. The van der Waals surface area contributed by atoms with Crippen LogP contribution in [0.2, 0.25) is 0 Å². The molecule has 0 heterocycles. The summed E-state index contributed by atoms with van der Waals surface area (Å²) < 4.78 is 4.39. The lowest BCUT2D eigenvalue weighted by Crippen LogP contribution is -2.15. The molecule has 0 amide bonds. The van der Waals surface area contributed by atoms with E-state index in [2.05, 4.69) is 694 Å². The van der Waals surface area contributed by atoms with Gasteiger partial charge >= 0.3 is 6.16 Å². The summed E-state index contributed by atoms with van der Waals surface area (Å²) in [4.78, 5) is 31.5. The van der Waals surface area contributed by atoms with Gasteiger partial charge in [0.2, 0.25) is 12.6 Å². The molecule has 0 saturated heterocycles. The van der Waals surface area contributed by atoms with Gasteiger partial charge in [-0.1, -0.05) is 6.92 Å². The van der Waals surface area contributed by atoms with E-state index in [1.165, 1.54) is 0 Å². The molecule has 140 nitrogen and oxygen atoms in total. The first-order valence-corrected chi connectivity index (χ1v) is 26.7. The topological polar surface area (TPSA) is 1310 Å². The molecule has 0 aliphatic rings. The second-order valence-corrected chi connectivity index (χ2v) is 11.7. The summed E-state index contributed by atoms with van der Waals surface area (Å²) >= 11 is 0. The fourth-order valence-corrected chi connectivity index (χ4v) is 2.00. The highest BCUT2D eigenvalue weighted by atomic mass is 18.1. The second kappa shape index (κ2) is 135. The van der Waals surface area contributed by atoms with Gasteiger partial charge in [0.1, 0.15) is 0 Å². The fourth-order valence-electron chi connectivity index (χ4n) is 2.00. The van der Waals surface area contributed by atoms with Crippen molar-refractivity contribution in [2.75, 3.05) is 6.61 Å². The molecule has 0 fully saturated rings. The van der Waals surface area contributed by atoms with Crippen molar-refractivity contribution in [2.24, 2.45) is 0 Å². The largest absolute Gasteiger partial charge is 0.542 e. The first-order chi connectivity index (χ1) is 73.6. The summed E-state index contributed by atoms with van der Waals surface area (Å²) in [6.07, 6.45) is -3.77. The van der Waals surface area contributed by atoms with E-state index in [0.717, 1.165) is 13.8 Å². The summed E-state index contributed by atoms with van der Waals surface area (Å²) in [6.45, 7) is 3.87. The maximum atomic E-state index is 10.8. The van der Waals surface area contributed by atoms with Gasteiger partial charge in [0, 0.05) is 549 Å². The Morgan fingerprint density at radius 3 is 0.297 bits per heavy atom. The number of rotatable bonds is 140. The molecule has 2 atom stereocenters. The average molecular weight is 2350 g/mol. The fraction of sp³-hybridized carbons (Fsp3) is 0.875. The summed E-state index contributed by atoms with van der Waals surface area (Å²) in [7, 11) is 0. The molecule has 1 radical (unpaired) electrons. The number of carbonyl (C=O) groups is 1. The molecule has 0 aromatic carbocycles. The Balaban J connectivity index is 3.13. The molecule has 887 valence electrons. The predicted molar refractivity (Wildman–Crippen MR) is 190 cm³/mol. The Morgan fingerprint density at radius 2 is 0.209 bits per heavy atom. The molecule has 0 saturated carbocycles. The normalized spacial score (nSPS) is 12.2. The molecule has 148 heavy (non-hydrogen) atoms. The molecule has 0 spiro atoms. The maximum Gasteiger partial charge on any atom is 0.542 e. The first-order valence-electron chi connectivity index (χ1n) is 26.7. The van der Waals surface area contributed by atoms with E-state index in [1.54, 1.807) is 6.92 Å². The van der Waals surface area contributed by atoms with E-state index in [0.29, 0.717) is 6.42 Å². The summed E-state index contributed by atoms with van der Waals surface area (Å²) in [5, 5.41) is 474. The third kappa shape index (κ3) is 134. The van der Waals surface area contributed by atoms with Crippen LogP contribution in [0.4, 0.5) is 4.79 Å². The molecule has 2 unspecified atom stereocenters. The van der Waals surface area contributed by atoms with Crippen LogP contribution in [0.25, 0.3) is 0 Å². The molecule has 0 bridgehead atoms. The minimum absolute atomic E-state index is 0.0285. The van der Waals surface area contributed by atoms with Crippen LogP contribution < -0.4 is 0 Å². The molecule has 0 aliphatic heterocycles. The Labute approximate surface area is 758 Å². The van der Waals surface area contributed by atoms with E-state index < -0.39 is 18.7 Å². The Hall–Kier alpha value is -6.21. The molecule has 0 aliphatic carbocycles. The van der Waals surface area contributed by atoms with E-state index in [4.69, 9.17) is 0 Å². The third-order valence-corrected chi connectivity index (χ3v) is 4.81. The standard InChI is InChI=1S/C8H15O140/c1-4-5-11-8(9)16-22-28-34-40-44-47-49-51-53-55-57-59-61-63-65-67-69-71-73-75-77-79-81-83-85-87-89-91-93-95-97-99-101-103-105-107-109-111-113-115-117-119-121-123-125-127-129-131-133-135-137-139-141-143-145-147-148-146-144-142-140-138-136-134-132-130-128-126-124-122-120-118-116-114-112-110-108-106-104-102-100-98-96-94-92-90-88-86-84-82-80-78-76-74-72-70-68-66-64-62-60-58-56-54-52-50-48-46-43-39-33-27-21-15-7(3)13-19-25-31-37-36-30-24-18-12-6(2)14-20-26-32-38-42-45-41-35-29-23-17-10/h6-7H,4-5H2,1-3H3. The van der Waals surface area contributed by atoms with Gasteiger partial charge in [-0.3, -0.25) is 0 Å². The van der Waals surface area contributed by atoms with Gasteiger partial charge in [-0.05, 0) is 141 Å². The number of carbonyl (C=O) groups excluding carboxylic acids is 1. The highest BCUT2D eigenvalue weighted by molar-refractivity contribution is 5.58. The average Bonchev–Trinajstić information content (AvgIpc) is 1.04. The van der Waals surface area contributed by atoms with E-state index in [1.807, 2.05) is 0 Å². The van der Waals surface area contributed by atoms with E-state index in [-0.39, 0.29) is 6.61 Å². The molecule has 0 N–H and O–H groups in total. The SMILES string of the molecule is CCCOC(=O)OOOOOOOOOOOOOOOOOOOOOOOOOOOOOOOOOOOOOOOOOOOOOOOOOOOOOOOOOOOOOOOOOOOOOOOOOOOOOOOOOOOOOOOOOOOOOOOOOOOOOOOOOOOOOOOOOOOC(C)OOOOOOOOOOC(C)OOOOOOOOOOOO[O]. The molecular weight excluding hydrogens is 2340 g/mol. The highest BCUT2D eigenvalue weighted by Crippen LogP contribution is 2.08. The van der Waals surface area contributed by atoms with Crippen LogP contribution in [0.3, 0.4) is 0 Å². The van der Waals surface area contributed by atoms with Crippen molar-refractivity contribution in [3.8, 4) is 0 Å². The number of ether oxygens (including phenoxy) is 1. The van der Waals surface area contributed by atoms with Crippen LogP contribution in [0.1, 0.15) is 27.2 Å². The van der Waals surface area contributed by atoms with Crippen molar-refractivity contribution < 1.29 is 704 Å². The Bertz CT molecular complexity index is 2180. The molecule has 0 aromatic heterocycles. The molecular formula is C8H15O140. The van der Waals surface area contributed by atoms with E-state index in [9.17, 15) is 10.1 Å². The van der Waals surface area contributed by atoms with Crippen LogP contribution in [-0.4, -0.2) is 25.3 Å². The highest BCUT2D eigenvalue weighted by Gasteiger charge is 2.16. The van der Waals surface area contributed by atoms with Crippen molar-refractivity contribution in [2.45, 2.75) is 39.8 Å². The third-order valence-electron chi connectivity index (χ3n) is 4.81. The van der Waals surface area contributed by atoms with Crippen molar-refractivity contribution in [1.29, 1.82) is 0 Å². The zero-order valence-electron chi connectivity index (χ0n) is 63.2. The minimum atomic E-state index is -1.52. The Morgan fingerprint density at radius 1 is 0.128 bits per heavy atom. The van der Waals surface area contributed by atoms with Gasteiger partial charge in [-0.2, -0.15) is 19.6 Å². The van der Waals surface area contributed by atoms with Gasteiger partial charge < -0.3 is 4.74 Å². The van der Waals surface area contributed by atoms with Gasteiger partial charge in [0.05, 0.1) is 6.61 Å². The molecule has 0 aromatic rings. The first kappa shape index (κ1) is 142. The van der Waals surface area contributed by atoms with E-state index >= 15 is 0 Å². The van der Waals surface area contributed by atoms with Crippen LogP contribution in [0.15, 0.2) is 0 Å². The summed E-state index contributed by atoms with van der Waals surface area (Å²) in [5.74, 6) is 0. The zero-order valence-corrected chi connectivity index (χ0v) is 63.2. The lowest BCUT2D eigenvalue weighted by Gasteiger charge is -2.07. The van der Waals surface area contributed by atoms with Gasteiger partial charge in [0.15, 0.2) is 0 Å². The minimum Gasteiger partial charge on any atom is -0.432 e. The van der Waals surface area contributed by atoms with Gasteiger partial charge in [-0.15, -0.1) is 0 Å². The molecule has 0 rings (SSSR count). The second-order valence-electron chi connectivity index (χ2n) is 11.7. The Kier molecular flexibility index (Phi) is 129. The monoisotopic (exact) mass is 2350 g/mol. The van der Waals surface area contributed by atoms with Crippen molar-refractivity contribution in [3.05, 3.63) is 0 Å². The van der Waals surface area contributed by atoms with Crippen LogP contribution in [0, 0.1) is 0 Å². The maximum absolute atomic E-state index is 10.8. The summed E-state index contributed by atoms with van der Waals surface area (Å²) in [5.41, 5.74) is 0. The lowest BCUT2D eigenvalue weighted by atomic mass is 10.5. The van der Waals surface area contributed by atoms with Gasteiger partial charge in [0.25, 0.3) is 0 Å². The van der Waals surface area contributed by atoms with Crippen molar-refractivity contribution >= 4 is 6.16 Å². The lowest BCUT2D eigenvalue weighted by molar-refractivity contribution is -0.913. The zero-order chi connectivity index (χ0) is 106. The number of hydrogen-bond acceptors (Lipinski definition) is 139. The van der Waals surface area contributed by atoms with Crippen LogP contribution in [0.5, 0.6) is 0 Å². The van der Waals surface area contributed by atoms with Crippen molar-refractivity contribution in [1.82, 2.24) is 0 Å².